The number of nitrogens with one attached hydrogen (secondary N) is 1. The van der Waals surface area contributed by atoms with E-state index in [1.807, 2.05) is 31.5 Å². The van der Waals surface area contributed by atoms with Crippen LogP contribution in [0.1, 0.15) is 24.7 Å². The summed E-state index contributed by atoms with van der Waals surface area (Å²) in [5.41, 5.74) is 2.05. The second kappa shape index (κ2) is 6.44. The van der Waals surface area contributed by atoms with E-state index in [0.29, 0.717) is 6.54 Å². The first-order valence-corrected chi connectivity index (χ1v) is 7.48. The molecule has 2 rings (SSSR count). The fraction of sp³-hybridized carbons (Fsp3) is 0.357. The van der Waals surface area contributed by atoms with Crippen molar-refractivity contribution in [2.75, 3.05) is 5.32 Å². The number of imidazole rings is 1. The van der Waals surface area contributed by atoms with Crippen molar-refractivity contribution in [3.8, 4) is 0 Å². The van der Waals surface area contributed by atoms with Crippen molar-refractivity contribution in [1.29, 1.82) is 0 Å². The van der Waals surface area contributed by atoms with Gasteiger partial charge in [0.2, 0.25) is 0 Å². The Morgan fingerprint density at radius 1 is 1.42 bits per heavy atom. The summed E-state index contributed by atoms with van der Waals surface area (Å²) >= 11 is 9.69. The monoisotopic (exact) mass is 341 g/mol. The standard InChI is InChI=1S/C14H17BrClN3/c1-3-5-19-6-4-17-14(19)9-18-13-8-12(16)10(2)7-11(13)15/h4,6-8,18H,3,5,9H2,1-2H3. The smallest absolute Gasteiger partial charge is 0.128 e. The van der Waals surface area contributed by atoms with Crippen molar-refractivity contribution >= 4 is 33.2 Å². The Morgan fingerprint density at radius 3 is 2.95 bits per heavy atom. The Hall–Kier alpha value is -1.000. The van der Waals surface area contributed by atoms with Crippen LogP contribution in [0.5, 0.6) is 0 Å². The van der Waals surface area contributed by atoms with E-state index in [1.165, 1.54) is 0 Å². The lowest BCUT2D eigenvalue weighted by molar-refractivity contribution is 0.644. The molecule has 0 unspecified atom stereocenters. The van der Waals surface area contributed by atoms with Crippen molar-refractivity contribution in [2.45, 2.75) is 33.4 Å². The van der Waals surface area contributed by atoms with E-state index in [2.05, 4.69) is 37.7 Å². The van der Waals surface area contributed by atoms with Gasteiger partial charge in [0.25, 0.3) is 0 Å². The van der Waals surface area contributed by atoms with Crippen molar-refractivity contribution < 1.29 is 0 Å². The van der Waals surface area contributed by atoms with Gasteiger partial charge in [0.15, 0.2) is 0 Å². The Bertz CT molecular complexity index is 566. The normalized spacial score (nSPS) is 10.7. The van der Waals surface area contributed by atoms with Crippen LogP contribution in [0, 0.1) is 6.92 Å². The predicted octanol–water partition coefficient (Wildman–Crippen LogP) is 4.63. The molecule has 19 heavy (non-hydrogen) atoms. The van der Waals surface area contributed by atoms with Gasteiger partial charge in [0.1, 0.15) is 5.82 Å². The molecule has 0 aliphatic heterocycles. The number of aromatic nitrogens is 2. The molecular formula is C14H17BrClN3. The van der Waals surface area contributed by atoms with E-state index in [-0.39, 0.29) is 0 Å². The number of hydrogen-bond acceptors (Lipinski definition) is 2. The van der Waals surface area contributed by atoms with Gasteiger partial charge in [0.05, 0.1) is 12.2 Å². The van der Waals surface area contributed by atoms with Crippen LogP contribution in [0.3, 0.4) is 0 Å². The van der Waals surface area contributed by atoms with Crippen LogP contribution in [-0.4, -0.2) is 9.55 Å². The van der Waals surface area contributed by atoms with Crippen LogP contribution >= 0.6 is 27.5 Å². The zero-order chi connectivity index (χ0) is 13.8. The fourth-order valence-electron chi connectivity index (χ4n) is 1.91. The molecule has 0 aliphatic carbocycles. The second-order valence-corrected chi connectivity index (χ2v) is 5.73. The number of benzene rings is 1. The first kappa shape index (κ1) is 14.4. The molecule has 0 amide bonds. The first-order valence-electron chi connectivity index (χ1n) is 6.31. The Labute approximate surface area is 127 Å². The third-order valence-corrected chi connectivity index (χ3v) is 4.01. The van der Waals surface area contributed by atoms with Gasteiger partial charge in [-0.3, -0.25) is 0 Å². The minimum absolute atomic E-state index is 0.686. The molecule has 0 fully saturated rings. The number of halogens is 2. The summed E-state index contributed by atoms with van der Waals surface area (Å²) < 4.78 is 3.18. The van der Waals surface area contributed by atoms with Crippen LogP contribution in [-0.2, 0) is 13.1 Å². The highest BCUT2D eigenvalue weighted by Crippen LogP contribution is 2.29. The van der Waals surface area contributed by atoms with Gasteiger partial charge in [-0.1, -0.05) is 18.5 Å². The maximum atomic E-state index is 6.15. The molecule has 0 saturated heterocycles. The number of rotatable bonds is 5. The molecule has 2 aromatic rings. The lowest BCUT2D eigenvalue weighted by Crippen LogP contribution is -2.08. The van der Waals surface area contributed by atoms with Crippen LogP contribution in [0.4, 0.5) is 5.69 Å². The SMILES string of the molecule is CCCn1ccnc1CNc1cc(Cl)c(C)cc1Br. The summed E-state index contributed by atoms with van der Waals surface area (Å²) in [5, 5.41) is 4.13. The van der Waals surface area contributed by atoms with Crippen LogP contribution in [0.15, 0.2) is 29.0 Å². The van der Waals surface area contributed by atoms with Gasteiger partial charge in [0, 0.05) is 28.4 Å². The largest absolute Gasteiger partial charge is 0.377 e. The lowest BCUT2D eigenvalue weighted by atomic mass is 10.2. The van der Waals surface area contributed by atoms with Gasteiger partial charge in [-0.05, 0) is 47.0 Å². The molecule has 1 N–H and O–H groups in total. The average molecular weight is 343 g/mol. The molecular weight excluding hydrogens is 326 g/mol. The zero-order valence-electron chi connectivity index (χ0n) is 11.1. The summed E-state index contributed by atoms with van der Waals surface area (Å²) in [6, 6.07) is 3.96. The topological polar surface area (TPSA) is 29.9 Å². The van der Waals surface area contributed by atoms with Gasteiger partial charge < -0.3 is 9.88 Å². The van der Waals surface area contributed by atoms with E-state index >= 15 is 0 Å². The molecule has 0 aliphatic rings. The first-order chi connectivity index (χ1) is 9.11. The van der Waals surface area contributed by atoms with Gasteiger partial charge >= 0.3 is 0 Å². The molecule has 0 saturated carbocycles. The van der Waals surface area contributed by atoms with Gasteiger partial charge in [-0.15, -0.1) is 0 Å². The minimum Gasteiger partial charge on any atom is -0.377 e. The lowest BCUT2D eigenvalue weighted by Gasteiger charge is -2.11. The van der Waals surface area contributed by atoms with Crippen molar-refractivity contribution in [3.63, 3.8) is 0 Å². The number of nitrogens with zero attached hydrogens (tertiary/aromatic N) is 2. The van der Waals surface area contributed by atoms with Crippen molar-refractivity contribution in [1.82, 2.24) is 9.55 Å². The highest BCUT2D eigenvalue weighted by atomic mass is 79.9. The maximum Gasteiger partial charge on any atom is 0.128 e. The molecule has 0 bridgehead atoms. The third kappa shape index (κ3) is 3.51. The van der Waals surface area contributed by atoms with Crippen LogP contribution < -0.4 is 5.32 Å². The number of hydrogen-bond donors (Lipinski definition) is 1. The third-order valence-electron chi connectivity index (χ3n) is 2.95. The maximum absolute atomic E-state index is 6.15. The van der Waals surface area contributed by atoms with Crippen molar-refractivity contribution in [2.24, 2.45) is 0 Å². The molecule has 0 radical (unpaired) electrons. The van der Waals surface area contributed by atoms with Gasteiger partial charge in [-0.25, -0.2) is 4.98 Å². The molecule has 1 aromatic carbocycles. The summed E-state index contributed by atoms with van der Waals surface area (Å²) in [6.07, 6.45) is 4.95. The summed E-state index contributed by atoms with van der Waals surface area (Å²) in [5.74, 6) is 1.03. The van der Waals surface area contributed by atoms with Crippen molar-refractivity contribution in [3.05, 3.63) is 45.4 Å². The molecule has 0 atom stereocenters. The zero-order valence-corrected chi connectivity index (χ0v) is 13.4. The molecule has 3 nitrogen and oxygen atoms in total. The summed E-state index contributed by atoms with van der Waals surface area (Å²) in [4.78, 5) is 4.37. The van der Waals surface area contributed by atoms with Crippen LogP contribution in [0.2, 0.25) is 5.02 Å². The second-order valence-electron chi connectivity index (χ2n) is 4.47. The van der Waals surface area contributed by atoms with E-state index in [4.69, 9.17) is 11.6 Å². The Balaban J connectivity index is 2.10. The molecule has 0 spiro atoms. The van der Waals surface area contributed by atoms with Gasteiger partial charge in [-0.2, -0.15) is 0 Å². The predicted molar refractivity (Wildman–Crippen MR) is 83.7 cm³/mol. The number of anilines is 1. The molecule has 5 heteroatoms. The Kier molecular flexibility index (Phi) is 4.88. The quantitative estimate of drug-likeness (QED) is 0.858. The van der Waals surface area contributed by atoms with E-state index in [1.54, 1.807) is 0 Å². The number of aryl methyl sites for hydroxylation is 2. The van der Waals surface area contributed by atoms with Crippen LogP contribution in [0.25, 0.3) is 0 Å². The molecule has 102 valence electrons. The summed E-state index contributed by atoms with van der Waals surface area (Å²) in [7, 11) is 0. The Morgan fingerprint density at radius 2 is 2.21 bits per heavy atom. The highest BCUT2D eigenvalue weighted by molar-refractivity contribution is 9.10. The molecule has 1 aromatic heterocycles. The van der Waals surface area contributed by atoms with E-state index < -0.39 is 0 Å². The van der Waals surface area contributed by atoms with E-state index in [9.17, 15) is 0 Å². The molecule has 1 heterocycles. The summed E-state index contributed by atoms with van der Waals surface area (Å²) in [6.45, 7) is 5.83. The minimum atomic E-state index is 0.686. The highest BCUT2D eigenvalue weighted by Gasteiger charge is 2.06. The fourth-order valence-corrected chi connectivity index (χ4v) is 2.67. The average Bonchev–Trinajstić information content (AvgIpc) is 2.80. The van der Waals surface area contributed by atoms with E-state index in [0.717, 1.165) is 39.5 Å².